The Morgan fingerprint density at radius 2 is 2.14 bits per heavy atom. The van der Waals surface area contributed by atoms with Crippen LogP contribution in [0.4, 0.5) is 0 Å². The molecule has 0 radical (unpaired) electrons. The topological polar surface area (TPSA) is 47.3 Å². The van der Waals surface area contributed by atoms with Gasteiger partial charge in [-0.05, 0) is 38.5 Å². The highest BCUT2D eigenvalue weighted by atomic mass is 35.5. The number of ether oxygens (including phenoxy) is 1. The molecule has 114 valence electrons. The Balaban J connectivity index is 2.21. The van der Waals surface area contributed by atoms with Crippen LogP contribution < -0.4 is 4.74 Å². The molecule has 0 aliphatic heterocycles. The number of rotatable bonds is 6. The lowest BCUT2D eigenvalue weighted by atomic mass is 10.0. The maximum absolute atomic E-state index is 10.5. The Morgan fingerprint density at radius 3 is 2.81 bits per heavy atom. The van der Waals surface area contributed by atoms with Crippen LogP contribution in [0.3, 0.4) is 0 Å². The number of benzene rings is 1. The molecule has 1 unspecified atom stereocenters. The fourth-order valence-electron chi connectivity index (χ4n) is 2.34. The molecule has 2 rings (SSSR count). The largest absolute Gasteiger partial charge is 0.494 e. The van der Waals surface area contributed by atoms with E-state index < -0.39 is 6.10 Å². The summed E-state index contributed by atoms with van der Waals surface area (Å²) in [5, 5.41) is 15.5. The van der Waals surface area contributed by atoms with Gasteiger partial charge in [0.15, 0.2) is 0 Å². The number of aryl methyl sites for hydroxylation is 2. The summed E-state index contributed by atoms with van der Waals surface area (Å²) in [5.74, 6) is 0.764. The Morgan fingerprint density at radius 1 is 1.38 bits per heavy atom. The molecule has 5 heteroatoms. The average molecular weight is 309 g/mol. The van der Waals surface area contributed by atoms with Gasteiger partial charge in [0, 0.05) is 13.0 Å². The standard InChI is InChI=1S/C16H21ClN2O2/c1-4-19-14(16(17)11(3)18-19)10-15(20)12-7-6-8-13(9-12)21-5-2/h6-9,15,20H,4-5,10H2,1-3H3. The molecule has 2 aromatic rings. The Bertz CT molecular complexity index is 610. The summed E-state index contributed by atoms with van der Waals surface area (Å²) in [7, 11) is 0. The Hall–Kier alpha value is -1.52. The minimum Gasteiger partial charge on any atom is -0.494 e. The van der Waals surface area contributed by atoms with Crippen LogP contribution in [0.5, 0.6) is 5.75 Å². The number of nitrogens with zero attached hydrogens (tertiary/aromatic N) is 2. The fourth-order valence-corrected chi connectivity index (χ4v) is 2.56. The van der Waals surface area contributed by atoms with E-state index in [0.29, 0.717) is 18.1 Å². The number of hydrogen-bond donors (Lipinski definition) is 1. The van der Waals surface area contributed by atoms with Crippen molar-refractivity contribution in [1.82, 2.24) is 9.78 Å². The molecule has 0 amide bonds. The summed E-state index contributed by atoms with van der Waals surface area (Å²) >= 11 is 6.29. The van der Waals surface area contributed by atoms with Crippen LogP contribution in [0.25, 0.3) is 0 Å². The molecular formula is C16H21ClN2O2. The first-order valence-electron chi connectivity index (χ1n) is 7.19. The molecule has 1 aromatic carbocycles. The van der Waals surface area contributed by atoms with E-state index in [4.69, 9.17) is 16.3 Å². The third-order valence-electron chi connectivity index (χ3n) is 3.39. The molecule has 0 spiro atoms. The maximum atomic E-state index is 10.5. The smallest absolute Gasteiger partial charge is 0.119 e. The van der Waals surface area contributed by atoms with Gasteiger partial charge in [0.05, 0.1) is 29.1 Å². The van der Waals surface area contributed by atoms with E-state index >= 15 is 0 Å². The first-order valence-corrected chi connectivity index (χ1v) is 7.57. The van der Waals surface area contributed by atoms with Gasteiger partial charge in [-0.1, -0.05) is 23.7 Å². The quantitative estimate of drug-likeness (QED) is 0.888. The van der Waals surface area contributed by atoms with Crippen molar-refractivity contribution in [2.75, 3.05) is 6.61 Å². The zero-order valence-corrected chi connectivity index (χ0v) is 13.4. The van der Waals surface area contributed by atoms with E-state index in [1.165, 1.54) is 0 Å². The minimum atomic E-state index is -0.635. The third kappa shape index (κ3) is 3.57. The van der Waals surface area contributed by atoms with Gasteiger partial charge in [0.25, 0.3) is 0 Å². The molecule has 1 atom stereocenters. The second-order valence-electron chi connectivity index (χ2n) is 4.89. The van der Waals surface area contributed by atoms with Crippen LogP contribution in [0, 0.1) is 6.92 Å². The molecular weight excluding hydrogens is 288 g/mol. The Kier molecular flexibility index (Phi) is 5.26. The normalized spacial score (nSPS) is 12.4. The van der Waals surface area contributed by atoms with Gasteiger partial charge in [-0.3, -0.25) is 4.68 Å². The zero-order valence-electron chi connectivity index (χ0n) is 12.6. The number of halogens is 1. The lowest BCUT2D eigenvalue weighted by Gasteiger charge is -2.14. The Labute approximate surface area is 130 Å². The van der Waals surface area contributed by atoms with Crippen molar-refractivity contribution >= 4 is 11.6 Å². The van der Waals surface area contributed by atoms with Crippen molar-refractivity contribution < 1.29 is 9.84 Å². The molecule has 21 heavy (non-hydrogen) atoms. The summed E-state index contributed by atoms with van der Waals surface area (Å²) in [6.45, 7) is 7.15. The summed E-state index contributed by atoms with van der Waals surface area (Å²) in [6.07, 6.45) is -0.201. The monoisotopic (exact) mass is 308 g/mol. The highest BCUT2D eigenvalue weighted by Crippen LogP contribution is 2.27. The van der Waals surface area contributed by atoms with E-state index in [1.54, 1.807) is 0 Å². The predicted octanol–water partition coefficient (Wildman–Crippen LogP) is 3.54. The van der Waals surface area contributed by atoms with Gasteiger partial charge in [0.1, 0.15) is 5.75 Å². The van der Waals surface area contributed by atoms with Crippen molar-refractivity contribution in [2.24, 2.45) is 0 Å². The lowest BCUT2D eigenvalue weighted by Crippen LogP contribution is -2.09. The predicted molar refractivity (Wildman–Crippen MR) is 83.9 cm³/mol. The average Bonchev–Trinajstić information content (AvgIpc) is 2.75. The van der Waals surface area contributed by atoms with Crippen LogP contribution >= 0.6 is 11.6 Å². The summed E-state index contributed by atoms with van der Waals surface area (Å²) in [5.41, 5.74) is 2.48. The van der Waals surface area contributed by atoms with Crippen molar-refractivity contribution in [3.8, 4) is 5.75 Å². The van der Waals surface area contributed by atoms with Gasteiger partial charge in [-0.25, -0.2) is 0 Å². The van der Waals surface area contributed by atoms with Crippen LogP contribution in [-0.2, 0) is 13.0 Å². The first kappa shape index (κ1) is 15.9. The second-order valence-corrected chi connectivity index (χ2v) is 5.27. The van der Waals surface area contributed by atoms with Gasteiger partial charge in [-0.15, -0.1) is 0 Å². The van der Waals surface area contributed by atoms with Crippen molar-refractivity contribution in [2.45, 2.75) is 39.8 Å². The molecule has 0 aliphatic carbocycles. The van der Waals surface area contributed by atoms with E-state index in [-0.39, 0.29) is 0 Å². The summed E-state index contributed by atoms with van der Waals surface area (Å²) < 4.78 is 7.31. The number of hydrogen-bond acceptors (Lipinski definition) is 3. The van der Waals surface area contributed by atoms with E-state index in [2.05, 4.69) is 5.10 Å². The zero-order chi connectivity index (χ0) is 15.4. The lowest BCUT2D eigenvalue weighted by molar-refractivity contribution is 0.175. The fraction of sp³-hybridized carbons (Fsp3) is 0.438. The molecule has 1 heterocycles. The van der Waals surface area contributed by atoms with Gasteiger partial charge in [0.2, 0.25) is 0 Å². The van der Waals surface area contributed by atoms with Crippen LogP contribution in [0.1, 0.15) is 36.9 Å². The maximum Gasteiger partial charge on any atom is 0.119 e. The molecule has 0 fully saturated rings. The minimum absolute atomic E-state index is 0.434. The molecule has 0 saturated heterocycles. The van der Waals surface area contributed by atoms with E-state index in [9.17, 15) is 5.11 Å². The highest BCUT2D eigenvalue weighted by Gasteiger charge is 2.18. The molecule has 0 saturated carbocycles. The molecule has 0 aliphatic rings. The number of aliphatic hydroxyl groups is 1. The number of aliphatic hydroxyl groups excluding tert-OH is 1. The first-order chi connectivity index (χ1) is 10.1. The van der Waals surface area contributed by atoms with E-state index in [1.807, 2.05) is 49.7 Å². The van der Waals surface area contributed by atoms with Crippen LogP contribution in [0.15, 0.2) is 24.3 Å². The summed E-state index contributed by atoms with van der Waals surface area (Å²) in [4.78, 5) is 0. The summed E-state index contributed by atoms with van der Waals surface area (Å²) in [6, 6.07) is 7.52. The van der Waals surface area contributed by atoms with Crippen molar-refractivity contribution in [3.05, 3.63) is 46.2 Å². The number of aromatic nitrogens is 2. The SMILES string of the molecule is CCOc1cccc(C(O)Cc2c(Cl)c(C)nn2CC)c1. The molecule has 1 N–H and O–H groups in total. The molecule has 0 bridgehead atoms. The van der Waals surface area contributed by atoms with Crippen LogP contribution in [-0.4, -0.2) is 21.5 Å². The highest BCUT2D eigenvalue weighted by molar-refractivity contribution is 6.31. The third-order valence-corrected chi connectivity index (χ3v) is 3.89. The van der Waals surface area contributed by atoms with Gasteiger partial charge in [-0.2, -0.15) is 5.10 Å². The van der Waals surface area contributed by atoms with Crippen LogP contribution in [0.2, 0.25) is 5.02 Å². The molecule has 1 aromatic heterocycles. The van der Waals surface area contributed by atoms with E-state index in [0.717, 1.165) is 29.2 Å². The van der Waals surface area contributed by atoms with Crippen molar-refractivity contribution in [3.63, 3.8) is 0 Å². The van der Waals surface area contributed by atoms with Gasteiger partial charge < -0.3 is 9.84 Å². The van der Waals surface area contributed by atoms with Gasteiger partial charge >= 0.3 is 0 Å². The second kappa shape index (κ2) is 6.96. The molecule has 4 nitrogen and oxygen atoms in total. The van der Waals surface area contributed by atoms with Crippen molar-refractivity contribution in [1.29, 1.82) is 0 Å².